The summed E-state index contributed by atoms with van der Waals surface area (Å²) in [5, 5.41) is 0.607. The highest BCUT2D eigenvalue weighted by Gasteiger charge is 2.19. The van der Waals surface area contributed by atoms with Crippen molar-refractivity contribution in [3.05, 3.63) is 57.9 Å². The maximum Gasteiger partial charge on any atom is 0.302 e. The van der Waals surface area contributed by atoms with Crippen LogP contribution in [0.5, 0.6) is 0 Å². The van der Waals surface area contributed by atoms with Crippen molar-refractivity contribution in [3.63, 3.8) is 0 Å². The molecule has 4 nitrogen and oxygen atoms in total. The highest BCUT2D eigenvalue weighted by molar-refractivity contribution is 6.30. The molecular weight excluding hydrogens is 326 g/mol. The zero-order valence-electron chi connectivity index (χ0n) is 14.4. The van der Waals surface area contributed by atoms with Gasteiger partial charge in [0, 0.05) is 30.3 Å². The molecule has 0 fully saturated rings. The quantitative estimate of drug-likeness (QED) is 0.583. The van der Waals surface area contributed by atoms with E-state index in [0.717, 1.165) is 17.7 Å². The largest absolute Gasteiger partial charge is 0.463 e. The van der Waals surface area contributed by atoms with E-state index in [4.69, 9.17) is 16.3 Å². The molecule has 5 heteroatoms. The van der Waals surface area contributed by atoms with Crippen LogP contribution in [0.4, 0.5) is 0 Å². The molecular formula is C19H22ClNO3. The Kier molecular flexibility index (Phi) is 5.84. The lowest BCUT2D eigenvalue weighted by molar-refractivity contribution is -0.145. The Balaban J connectivity index is 2.18. The molecule has 1 atom stereocenters. The summed E-state index contributed by atoms with van der Waals surface area (Å²) in [4.78, 5) is 23.7. The van der Waals surface area contributed by atoms with E-state index >= 15 is 0 Å². The molecule has 0 saturated carbocycles. The number of hydrogen-bond donors (Lipinski definition) is 0. The van der Waals surface area contributed by atoms with Crippen molar-refractivity contribution in [1.82, 2.24) is 4.57 Å². The van der Waals surface area contributed by atoms with E-state index in [1.54, 1.807) is 24.3 Å². The molecule has 0 bridgehead atoms. The molecule has 2 rings (SSSR count). The first-order valence-corrected chi connectivity index (χ1v) is 8.30. The molecule has 2 aromatic rings. The summed E-state index contributed by atoms with van der Waals surface area (Å²) in [6.07, 6.45) is 1.30. The summed E-state index contributed by atoms with van der Waals surface area (Å²) < 4.78 is 7.07. The maximum atomic E-state index is 12.8. The Morgan fingerprint density at radius 3 is 2.46 bits per heavy atom. The number of carbonyl (C=O) groups is 2. The number of rotatable bonds is 6. The summed E-state index contributed by atoms with van der Waals surface area (Å²) in [6.45, 7) is 5.21. The molecule has 0 spiro atoms. The van der Waals surface area contributed by atoms with Crippen LogP contribution < -0.4 is 0 Å². The zero-order chi connectivity index (χ0) is 17.9. The Labute approximate surface area is 147 Å². The number of benzene rings is 1. The van der Waals surface area contributed by atoms with Crippen LogP contribution in [-0.2, 0) is 23.0 Å². The monoisotopic (exact) mass is 347 g/mol. The Morgan fingerprint density at radius 2 is 1.88 bits per heavy atom. The lowest BCUT2D eigenvalue weighted by atomic mass is 10.1. The molecule has 1 aromatic heterocycles. The second-order valence-electron chi connectivity index (χ2n) is 6.02. The average Bonchev–Trinajstić information content (AvgIpc) is 2.79. The number of carbonyl (C=O) groups excluding carboxylic acids is 2. The van der Waals surface area contributed by atoms with Crippen LogP contribution in [0, 0.1) is 6.92 Å². The minimum atomic E-state index is -0.274. The number of nitrogens with zero attached hydrogens (tertiary/aromatic N) is 1. The number of ketones is 1. The number of aryl methyl sites for hydroxylation is 2. The van der Waals surface area contributed by atoms with Gasteiger partial charge in [0.05, 0.1) is 11.8 Å². The van der Waals surface area contributed by atoms with Crippen molar-refractivity contribution in [3.8, 4) is 0 Å². The topological polar surface area (TPSA) is 48.3 Å². The third kappa shape index (κ3) is 4.26. The molecule has 1 unspecified atom stereocenters. The lowest BCUT2D eigenvalue weighted by Crippen LogP contribution is -2.15. The smallest absolute Gasteiger partial charge is 0.302 e. The van der Waals surface area contributed by atoms with Gasteiger partial charge in [-0.15, -0.1) is 0 Å². The number of halogens is 1. The molecule has 24 heavy (non-hydrogen) atoms. The summed E-state index contributed by atoms with van der Waals surface area (Å²) in [6, 6.07) is 8.92. The molecule has 1 aromatic carbocycles. The molecule has 0 N–H and O–H groups in total. The Bertz CT molecular complexity index is 747. The standard InChI is InChI=1S/C19H22ClNO3/c1-12-11-17(10-5-13(2)24-14(3)22)21(4)18(12)19(23)15-6-8-16(20)9-7-15/h6-9,11,13H,5,10H2,1-4H3. The molecule has 0 aliphatic heterocycles. The van der Waals surface area contributed by atoms with E-state index in [1.807, 2.05) is 31.5 Å². The highest BCUT2D eigenvalue weighted by atomic mass is 35.5. The van der Waals surface area contributed by atoms with E-state index in [9.17, 15) is 9.59 Å². The summed E-state index contributed by atoms with van der Waals surface area (Å²) in [5.41, 5.74) is 3.27. The summed E-state index contributed by atoms with van der Waals surface area (Å²) >= 11 is 5.88. The maximum absolute atomic E-state index is 12.8. The van der Waals surface area contributed by atoms with Gasteiger partial charge in [-0.2, -0.15) is 0 Å². The number of ether oxygens (including phenoxy) is 1. The predicted molar refractivity (Wildman–Crippen MR) is 94.6 cm³/mol. The van der Waals surface area contributed by atoms with Crippen LogP contribution >= 0.6 is 11.6 Å². The van der Waals surface area contributed by atoms with E-state index in [0.29, 0.717) is 22.7 Å². The highest BCUT2D eigenvalue weighted by Crippen LogP contribution is 2.21. The molecule has 0 radical (unpaired) electrons. The molecule has 0 amide bonds. The van der Waals surface area contributed by atoms with Crippen molar-refractivity contribution < 1.29 is 14.3 Å². The van der Waals surface area contributed by atoms with Crippen molar-refractivity contribution >= 4 is 23.4 Å². The fourth-order valence-corrected chi connectivity index (χ4v) is 2.95. The van der Waals surface area contributed by atoms with E-state index in [2.05, 4.69) is 0 Å². The fourth-order valence-electron chi connectivity index (χ4n) is 2.83. The van der Waals surface area contributed by atoms with Gasteiger partial charge in [-0.3, -0.25) is 9.59 Å². The first-order valence-electron chi connectivity index (χ1n) is 7.92. The molecule has 0 saturated heterocycles. The minimum absolute atomic E-state index is 0.0223. The Hall–Kier alpha value is -2.07. The van der Waals surface area contributed by atoms with Crippen molar-refractivity contribution in [2.45, 2.75) is 39.7 Å². The number of aromatic nitrogens is 1. The van der Waals surface area contributed by atoms with E-state index in [-0.39, 0.29) is 17.9 Å². The van der Waals surface area contributed by atoms with Crippen LogP contribution in [0.2, 0.25) is 5.02 Å². The van der Waals surface area contributed by atoms with E-state index in [1.165, 1.54) is 6.92 Å². The predicted octanol–water partition coefficient (Wildman–Crippen LogP) is 4.10. The Morgan fingerprint density at radius 1 is 1.25 bits per heavy atom. The summed E-state index contributed by atoms with van der Waals surface area (Å²) in [5.74, 6) is -0.296. The third-order valence-electron chi connectivity index (χ3n) is 4.02. The molecule has 128 valence electrons. The van der Waals surface area contributed by atoms with Gasteiger partial charge >= 0.3 is 5.97 Å². The first kappa shape index (κ1) is 18.3. The number of esters is 1. The van der Waals surface area contributed by atoms with Crippen LogP contribution in [0.1, 0.15) is 47.6 Å². The second kappa shape index (κ2) is 7.67. The van der Waals surface area contributed by atoms with Crippen LogP contribution in [0.3, 0.4) is 0 Å². The van der Waals surface area contributed by atoms with Gasteiger partial charge in [0.2, 0.25) is 5.78 Å². The van der Waals surface area contributed by atoms with Crippen LogP contribution in [0.25, 0.3) is 0 Å². The normalized spacial score (nSPS) is 12.0. The molecule has 0 aliphatic rings. The van der Waals surface area contributed by atoms with Gasteiger partial charge in [-0.25, -0.2) is 0 Å². The zero-order valence-corrected chi connectivity index (χ0v) is 15.2. The average molecular weight is 348 g/mol. The van der Waals surface area contributed by atoms with Crippen LogP contribution in [-0.4, -0.2) is 22.4 Å². The van der Waals surface area contributed by atoms with Gasteiger partial charge in [0.25, 0.3) is 0 Å². The van der Waals surface area contributed by atoms with Gasteiger partial charge in [0.1, 0.15) is 0 Å². The fraction of sp³-hybridized carbons (Fsp3) is 0.368. The van der Waals surface area contributed by atoms with Crippen LogP contribution in [0.15, 0.2) is 30.3 Å². The second-order valence-corrected chi connectivity index (χ2v) is 6.46. The molecule has 1 heterocycles. The SMILES string of the molecule is CC(=O)OC(C)CCc1cc(C)c(C(=O)c2ccc(Cl)cc2)n1C. The molecule has 0 aliphatic carbocycles. The van der Waals surface area contributed by atoms with Crippen molar-refractivity contribution in [1.29, 1.82) is 0 Å². The first-order chi connectivity index (χ1) is 11.3. The lowest BCUT2D eigenvalue weighted by Gasteiger charge is -2.12. The van der Waals surface area contributed by atoms with Gasteiger partial charge in [-0.05, 0) is 62.6 Å². The van der Waals surface area contributed by atoms with E-state index < -0.39 is 0 Å². The third-order valence-corrected chi connectivity index (χ3v) is 4.27. The summed E-state index contributed by atoms with van der Waals surface area (Å²) in [7, 11) is 1.89. The van der Waals surface area contributed by atoms with Gasteiger partial charge < -0.3 is 9.30 Å². The van der Waals surface area contributed by atoms with Crippen molar-refractivity contribution in [2.24, 2.45) is 7.05 Å². The van der Waals surface area contributed by atoms with Gasteiger partial charge in [0.15, 0.2) is 0 Å². The number of hydrogen-bond acceptors (Lipinski definition) is 3. The van der Waals surface area contributed by atoms with Crippen molar-refractivity contribution in [2.75, 3.05) is 0 Å². The van der Waals surface area contributed by atoms with Gasteiger partial charge in [-0.1, -0.05) is 11.6 Å². The minimum Gasteiger partial charge on any atom is -0.463 e.